The van der Waals surface area contributed by atoms with Crippen molar-refractivity contribution in [1.82, 2.24) is 5.32 Å². The Morgan fingerprint density at radius 1 is 1.23 bits per heavy atom. The summed E-state index contributed by atoms with van der Waals surface area (Å²) in [7, 11) is 0. The molecule has 2 aliphatic heterocycles. The number of carbonyl (C=O) groups is 3. The number of carbonyl (C=O) groups excluding carboxylic acids is 2. The molecule has 0 bridgehead atoms. The minimum Gasteiger partial charge on any atom is -0.465 e. The van der Waals surface area contributed by atoms with Gasteiger partial charge in [-0.1, -0.05) is 19.8 Å². The van der Waals surface area contributed by atoms with Gasteiger partial charge in [-0.2, -0.15) is 0 Å². The summed E-state index contributed by atoms with van der Waals surface area (Å²) in [5.74, 6) is -0.905. The number of benzene rings is 1. The number of rotatable bonds is 4. The van der Waals surface area contributed by atoms with Crippen molar-refractivity contribution in [2.75, 3.05) is 23.8 Å². The first-order chi connectivity index (χ1) is 14.8. The van der Waals surface area contributed by atoms with E-state index in [1.807, 2.05) is 0 Å². The zero-order valence-corrected chi connectivity index (χ0v) is 17.5. The SMILES string of the molecule is CC1CCC(C(NC(=O)O)C(=O)Nc2cc(F)c3c(c2)NC(=O)C32CCOCC2)CC1. The molecule has 1 spiro atoms. The highest BCUT2D eigenvalue weighted by Gasteiger charge is 2.49. The zero-order valence-electron chi connectivity index (χ0n) is 17.5. The smallest absolute Gasteiger partial charge is 0.405 e. The van der Waals surface area contributed by atoms with Crippen LogP contribution in [0.4, 0.5) is 20.6 Å². The van der Waals surface area contributed by atoms with Gasteiger partial charge in [0.1, 0.15) is 11.9 Å². The van der Waals surface area contributed by atoms with Crippen molar-refractivity contribution in [3.63, 3.8) is 0 Å². The van der Waals surface area contributed by atoms with Crippen molar-refractivity contribution >= 4 is 29.3 Å². The first-order valence-corrected chi connectivity index (χ1v) is 10.8. The number of amides is 3. The van der Waals surface area contributed by atoms with Crippen molar-refractivity contribution in [2.24, 2.45) is 11.8 Å². The Labute approximate surface area is 179 Å². The third-order valence-corrected chi connectivity index (χ3v) is 6.96. The van der Waals surface area contributed by atoms with Crippen LogP contribution in [0.5, 0.6) is 0 Å². The quantitative estimate of drug-likeness (QED) is 0.582. The van der Waals surface area contributed by atoms with Crippen LogP contribution >= 0.6 is 0 Å². The molecule has 2 heterocycles. The summed E-state index contributed by atoms with van der Waals surface area (Å²) in [5.41, 5.74) is -0.0874. The fraction of sp³-hybridized carbons (Fsp3) is 0.591. The number of fused-ring (bicyclic) bond motifs is 2. The third-order valence-electron chi connectivity index (χ3n) is 6.96. The molecular weight excluding hydrogens is 405 g/mol. The molecule has 3 amide bonds. The van der Waals surface area contributed by atoms with Crippen molar-refractivity contribution in [3.05, 3.63) is 23.5 Å². The molecule has 0 aromatic heterocycles. The van der Waals surface area contributed by atoms with Gasteiger partial charge >= 0.3 is 6.09 Å². The molecule has 31 heavy (non-hydrogen) atoms. The first kappa shape index (κ1) is 21.5. The number of hydrogen-bond acceptors (Lipinski definition) is 4. The maximum absolute atomic E-state index is 15.1. The Balaban J connectivity index is 1.55. The highest BCUT2D eigenvalue weighted by atomic mass is 19.1. The Kier molecular flexibility index (Phi) is 5.88. The van der Waals surface area contributed by atoms with E-state index in [9.17, 15) is 19.5 Å². The highest BCUT2D eigenvalue weighted by Crippen LogP contribution is 2.47. The monoisotopic (exact) mass is 433 g/mol. The minimum atomic E-state index is -1.27. The molecule has 1 aromatic carbocycles. The molecule has 1 saturated heterocycles. The van der Waals surface area contributed by atoms with E-state index < -0.39 is 29.3 Å². The largest absolute Gasteiger partial charge is 0.465 e. The van der Waals surface area contributed by atoms with Crippen LogP contribution in [0.15, 0.2) is 12.1 Å². The summed E-state index contributed by atoms with van der Waals surface area (Å²) in [5, 5.41) is 16.9. The van der Waals surface area contributed by atoms with Crippen LogP contribution in [0.3, 0.4) is 0 Å². The van der Waals surface area contributed by atoms with E-state index in [4.69, 9.17) is 4.74 Å². The van der Waals surface area contributed by atoms with Crippen LogP contribution in [0, 0.1) is 17.7 Å². The van der Waals surface area contributed by atoms with Gasteiger partial charge in [-0.25, -0.2) is 9.18 Å². The second kappa shape index (κ2) is 8.45. The molecule has 8 nitrogen and oxygen atoms in total. The second-order valence-electron chi connectivity index (χ2n) is 8.97. The predicted molar refractivity (Wildman–Crippen MR) is 111 cm³/mol. The number of nitrogens with one attached hydrogen (secondary N) is 3. The van der Waals surface area contributed by atoms with Gasteiger partial charge in [-0.3, -0.25) is 9.59 Å². The van der Waals surface area contributed by atoms with Gasteiger partial charge in [-0.05, 0) is 49.7 Å². The van der Waals surface area contributed by atoms with Crippen molar-refractivity contribution in [3.8, 4) is 0 Å². The van der Waals surface area contributed by atoms with Gasteiger partial charge < -0.3 is 25.8 Å². The molecule has 1 saturated carbocycles. The lowest BCUT2D eigenvalue weighted by molar-refractivity contribution is -0.124. The first-order valence-electron chi connectivity index (χ1n) is 10.8. The Bertz CT molecular complexity index is 891. The average molecular weight is 433 g/mol. The van der Waals surface area contributed by atoms with Crippen LogP contribution < -0.4 is 16.0 Å². The van der Waals surface area contributed by atoms with E-state index in [0.717, 1.165) is 25.7 Å². The lowest BCUT2D eigenvalue weighted by Gasteiger charge is -2.32. The lowest BCUT2D eigenvalue weighted by atomic mass is 9.75. The number of hydrogen-bond donors (Lipinski definition) is 4. The molecule has 4 rings (SSSR count). The van der Waals surface area contributed by atoms with Gasteiger partial charge in [0.05, 0.1) is 11.1 Å². The van der Waals surface area contributed by atoms with E-state index in [1.165, 1.54) is 6.07 Å². The molecule has 4 N–H and O–H groups in total. The van der Waals surface area contributed by atoms with Gasteiger partial charge in [0.2, 0.25) is 11.8 Å². The summed E-state index contributed by atoms with van der Waals surface area (Å²) < 4.78 is 20.5. The van der Waals surface area contributed by atoms with E-state index in [2.05, 4.69) is 22.9 Å². The Morgan fingerprint density at radius 2 is 1.90 bits per heavy atom. The van der Waals surface area contributed by atoms with Crippen LogP contribution in [0.25, 0.3) is 0 Å². The van der Waals surface area contributed by atoms with Gasteiger partial charge in [-0.15, -0.1) is 0 Å². The fourth-order valence-corrected chi connectivity index (χ4v) is 5.19. The number of ether oxygens (including phenoxy) is 1. The standard InChI is InChI=1S/C22H28FN3O5/c1-12-2-4-13(5-3-12)18(26-21(29)30)19(27)24-14-10-15(23)17-16(11-14)25-20(28)22(17)6-8-31-9-7-22/h10-13,18,26H,2-9H2,1H3,(H,24,27)(H,25,28)(H,29,30). The number of anilines is 2. The summed E-state index contributed by atoms with van der Waals surface area (Å²) in [6.45, 7) is 2.91. The molecule has 168 valence electrons. The van der Waals surface area contributed by atoms with Gasteiger partial charge in [0.15, 0.2) is 0 Å². The summed E-state index contributed by atoms with van der Waals surface area (Å²) in [6.07, 6.45) is 2.89. The Morgan fingerprint density at radius 3 is 2.55 bits per heavy atom. The van der Waals surface area contributed by atoms with E-state index in [-0.39, 0.29) is 17.5 Å². The Hall–Kier alpha value is -2.68. The lowest BCUT2D eigenvalue weighted by Crippen LogP contribution is -2.49. The highest BCUT2D eigenvalue weighted by molar-refractivity contribution is 6.07. The van der Waals surface area contributed by atoms with Crippen LogP contribution in [0.1, 0.15) is 51.0 Å². The van der Waals surface area contributed by atoms with E-state index in [0.29, 0.717) is 43.2 Å². The summed E-state index contributed by atoms with van der Waals surface area (Å²) >= 11 is 0. The maximum atomic E-state index is 15.1. The van der Waals surface area contributed by atoms with Gasteiger partial charge in [0, 0.05) is 24.5 Å². The zero-order chi connectivity index (χ0) is 22.2. The van der Waals surface area contributed by atoms with Crippen molar-refractivity contribution in [1.29, 1.82) is 0 Å². The van der Waals surface area contributed by atoms with Crippen LogP contribution in [-0.2, 0) is 19.7 Å². The van der Waals surface area contributed by atoms with Crippen LogP contribution in [-0.4, -0.2) is 42.3 Å². The molecule has 0 radical (unpaired) electrons. The second-order valence-corrected chi connectivity index (χ2v) is 8.97. The molecule has 1 unspecified atom stereocenters. The van der Waals surface area contributed by atoms with E-state index in [1.54, 1.807) is 6.07 Å². The third kappa shape index (κ3) is 4.11. The molecule has 1 atom stereocenters. The molecule has 1 aromatic rings. The number of halogens is 1. The molecule has 1 aliphatic carbocycles. The topological polar surface area (TPSA) is 117 Å². The van der Waals surface area contributed by atoms with E-state index >= 15 is 4.39 Å². The summed E-state index contributed by atoms with van der Waals surface area (Å²) in [4.78, 5) is 36.9. The average Bonchev–Trinajstić information content (AvgIpc) is 2.98. The van der Waals surface area contributed by atoms with Crippen molar-refractivity contribution < 1.29 is 28.6 Å². The predicted octanol–water partition coefficient (Wildman–Crippen LogP) is 3.23. The molecule has 2 fully saturated rings. The minimum absolute atomic E-state index is 0.114. The maximum Gasteiger partial charge on any atom is 0.405 e. The normalized spacial score (nSPS) is 25.4. The molecule has 3 aliphatic rings. The van der Waals surface area contributed by atoms with Gasteiger partial charge in [0.25, 0.3) is 0 Å². The fourth-order valence-electron chi connectivity index (χ4n) is 5.19. The number of carboxylic acid groups (broad SMARTS) is 1. The van der Waals surface area contributed by atoms with Crippen molar-refractivity contribution in [2.45, 2.75) is 56.9 Å². The van der Waals surface area contributed by atoms with Crippen LogP contribution in [0.2, 0.25) is 0 Å². The summed E-state index contributed by atoms with van der Waals surface area (Å²) in [6, 6.07) is 1.83. The molecular formula is C22H28FN3O5. The molecule has 9 heteroatoms.